The van der Waals surface area contributed by atoms with E-state index < -0.39 is 0 Å². The summed E-state index contributed by atoms with van der Waals surface area (Å²) in [5, 5.41) is 9.81. The lowest BCUT2D eigenvalue weighted by molar-refractivity contribution is 0.590. The highest BCUT2D eigenvalue weighted by Crippen LogP contribution is 2.47. The average Bonchev–Trinajstić information content (AvgIpc) is 4.15. The van der Waals surface area contributed by atoms with Crippen LogP contribution >= 0.6 is 0 Å². The van der Waals surface area contributed by atoms with Crippen molar-refractivity contribution in [1.29, 1.82) is 0 Å². The summed E-state index contributed by atoms with van der Waals surface area (Å²) in [7, 11) is 0. The molecule has 0 radical (unpaired) electrons. The Balaban J connectivity index is 1.13. The molecule has 73 heavy (non-hydrogen) atoms. The maximum atomic E-state index is 6.91. The molecule has 0 aliphatic carbocycles. The molecule has 0 N–H and O–H groups in total. The zero-order valence-electron chi connectivity index (χ0n) is 42.0. The lowest BCUT2D eigenvalue weighted by Gasteiger charge is -2.38. The van der Waals surface area contributed by atoms with Crippen LogP contribution in [0.3, 0.4) is 0 Å². The van der Waals surface area contributed by atoms with E-state index in [1.807, 2.05) is 0 Å². The molecule has 1 aliphatic rings. The molecule has 10 aromatic carbocycles. The highest BCUT2D eigenvalue weighted by atomic mass is 16.3. The van der Waals surface area contributed by atoms with E-state index in [-0.39, 0.29) is 17.7 Å². The first-order valence-electron chi connectivity index (χ1n) is 25.8. The molecule has 5 heteroatoms. The van der Waals surface area contributed by atoms with Gasteiger partial charge in [0, 0.05) is 71.2 Å². The second-order valence-corrected chi connectivity index (χ2v) is 22.6. The van der Waals surface area contributed by atoms with Crippen LogP contribution in [0.2, 0.25) is 0 Å². The SMILES string of the molecule is CC(C)(C)c1ccc2c(c1)c1cc(C(C)(C)C)ccc1n2B1c2cc3oc4ccccc4c3cc2N(c2cc(-c3ccccc3)cc(-c3ccccc3)c2)c2cc3c4cccc5c6ccccc6n(c3cc21)c54. The summed E-state index contributed by atoms with van der Waals surface area (Å²) in [6.07, 6.45) is 0. The number of fused-ring (bicyclic) bond motifs is 14. The molecule has 0 atom stereocenters. The van der Waals surface area contributed by atoms with Crippen LogP contribution in [0.5, 0.6) is 0 Å². The van der Waals surface area contributed by atoms with Crippen LogP contribution in [0, 0.1) is 0 Å². The minimum Gasteiger partial charge on any atom is -0.456 e. The molecule has 348 valence electrons. The molecule has 4 nitrogen and oxygen atoms in total. The van der Waals surface area contributed by atoms with Gasteiger partial charge < -0.3 is 18.2 Å². The van der Waals surface area contributed by atoms with Crippen LogP contribution in [-0.2, 0) is 10.8 Å². The van der Waals surface area contributed by atoms with Crippen LogP contribution in [-0.4, -0.2) is 15.7 Å². The molecule has 0 bridgehead atoms. The molecule has 0 saturated carbocycles. The molecule has 5 heterocycles. The van der Waals surface area contributed by atoms with Crippen LogP contribution in [0.25, 0.3) is 104 Å². The Morgan fingerprint density at radius 3 is 1.51 bits per heavy atom. The molecule has 0 unspecified atom stereocenters. The maximum Gasteiger partial charge on any atom is 0.332 e. The van der Waals surface area contributed by atoms with Gasteiger partial charge in [0.2, 0.25) is 0 Å². The summed E-state index contributed by atoms with van der Waals surface area (Å²) in [6.45, 7) is 13.7. The monoisotopic (exact) mass is 937 g/mol. The second-order valence-electron chi connectivity index (χ2n) is 22.6. The molecule has 4 aromatic heterocycles. The Labute approximate surface area is 424 Å². The third-order valence-corrected chi connectivity index (χ3v) is 16.2. The van der Waals surface area contributed by atoms with Crippen molar-refractivity contribution < 1.29 is 4.42 Å². The molecule has 15 rings (SSSR count). The minimum atomic E-state index is -0.253. The van der Waals surface area contributed by atoms with Gasteiger partial charge in [-0.2, -0.15) is 0 Å². The van der Waals surface area contributed by atoms with Crippen molar-refractivity contribution in [3.05, 3.63) is 217 Å². The van der Waals surface area contributed by atoms with E-state index in [9.17, 15) is 0 Å². The largest absolute Gasteiger partial charge is 0.456 e. The molecule has 14 aromatic rings. The van der Waals surface area contributed by atoms with E-state index in [0.717, 1.165) is 50.1 Å². The molecule has 0 saturated heterocycles. The molecule has 0 spiro atoms. The van der Waals surface area contributed by atoms with Crippen LogP contribution in [0.1, 0.15) is 52.7 Å². The van der Waals surface area contributed by atoms with E-state index >= 15 is 0 Å². The summed E-state index contributed by atoms with van der Waals surface area (Å²) in [5.41, 5.74) is 21.0. The Hall–Kier alpha value is -8.54. The fourth-order valence-electron chi connectivity index (χ4n) is 12.5. The van der Waals surface area contributed by atoms with E-state index in [0.29, 0.717) is 0 Å². The van der Waals surface area contributed by atoms with Crippen LogP contribution in [0.4, 0.5) is 17.1 Å². The van der Waals surface area contributed by atoms with Crippen LogP contribution in [0.15, 0.2) is 211 Å². The molecular weight excluding hydrogens is 886 g/mol. The van der Waals surface area contributed by atoms with E-state index in [2.05, 4.69) is 262 Å². The molecule has 0 fully saturated rings. The van der Waals surface area contributed by atoms with Gasteiger partial charge in [0.05, 0.1) is 16.6 Å². The minimum absolute atomic E-state index is 0.0327. The zero-order valence-corrected chi connectivity index (χ0v) is 42.0. The first-order valence-corrected chi connectivity index (χ1v) is 25.8. The lowest BCUT2D eigenvalue weighted by Crippen LogP contribution is -2.54. The highest BCUT2D eigenvalue weighted by Gasteiger charge is 2.40. The normalized spacial score (nSPS) is 13.3. The summed E-state index contributed by atoms with van der Waals surface area (Å²) >= 11 is 0. The van der Waals surface area contributed by atoms with E-state index in [1.54, 1.807) is 0 Å². The van der Waals surface area contributed by atoms with Crippen molar-refractivity contribution >= 4 is 117 Å². The van der Waals surface area contributed by atoms with Gasteiger partial charge in [-0.1, -0.05) is 169 Å². The number of rotatable bonds is 4. The highest BCUT2D eigenvalue weighted by molar-refractivity contribution is 6.88. The number of furan rings is 1. The van der Waals surface area contributed by atoms with Gasteiger partial charge in [-0.15, -0.1) is 0 Å². The number of nitrogens with zero attached hydrogens (tertiary/aromatic N) is 3. The fraction of sp³-hybridized carbons (Fsp3) is 0.118. The molecule has 0 amide bonds. The van der Waals surface area contributed by atoms with Crippen LogP contribution < -0.4 is 15.8 Å². The number of para-hydroxylation sites is 3. The number of hydrogen-bond acceptors (Lipinski definition) is 2. The number of anilines is 3. The first-order chi connectivity index (χ1) is 35.5. The van der Waals surface area contributed by atoms with Crippen molar-refractivity contribution in [2.75, 3.05) is 4.90 Å². The predicted octanol–water partition coefficient (Wildman–Crippen LogP) is 17.2. The first kappa shape index (κ1) is 42.2. The summed E-state index contributed by atoms with van der Waals surface area (Å²) in [6, 6.07) is 77.5. The van der Waals surface area contributed by atoms with Crippen molar-refractivity contribution in [3.63, 3.8) is 0 Å². The van der Waals surface area contributed by atoms with E-state index in [1.165, 1.54) is 93.1 Å². The van der Waals surface area contributed by atoms with Crippen molar-refractivity contribution in [3.8, 4) is 22.3 Å². The number of benzene rings is 10. The van der Waals surface area contributed by atoms with Gasteiger partial charge in [-0.3, -0.25) is 0 Å². The topological polar surface area (TPSA) is 25.7 Å². The predicted molar refractivity (Wildman–Crippen MR) is 311 cm³/mol. The second kappa shape index (κ2) is 15.0. The number of hydrogen-bond donors (Lipinski definition) is 0. The van der Waals surface area contributed by atoms with Crippen molar-refractivity contribution in [1.82, 2.24) is 8.88 Å². The quantitative estimate of drug-likeness (QED) is 0.164. The lowest BCUT2D eigenvalue weighted by atomic mass is 9.47. The standard InChI is InChI=1S/C68H52BN3O/c1-67(2,3)45-28-30-59-52(35-45)53-36-46(68(4,5)6)29-31-60(53)72(59)69-56-39-61-54(51-25-17-24-50-48-22-13-15-26-58(48)71(61)66(50)51)37-62(56)70(63-38-55-49-23-14-16-27-64(49)73-65(55)40-57(63)69)47-33-43(41-18-9-7-10-19-41)32-44(34-47)42-20-11-8-12-21-42/h7-40H,1-6H3. The van der Waals surface area contributed by atoms with Gasteiger partial charge in [-0.25, -0.2) is 0 Å². The number of aromatic nitrogens is 2. The maximum absolute atomic E-state index is 6.91. The summed E-state index contributed by atoms with van der Waals surface area (Å²) in [4.78, 5) is 2.58. The van der Waals surface area contributed by atoms with Gasteiger partial charge in [0.1, 0.15) is 11.2 Å². The molecular formula is C68H52BN3O. The Bertz CT molecular complexity index is 4450. The molecule has 1 aliphatic heterocycles. The van der Waals surface area contributed by atoms with Gasteiger partial charge in [0.15, 0.2) is 0 Å². The smallest absolute Gasteiger partial charge is 0.332 e. The van der Waals surface area contributed by atoms with Gasteiger partial charge in [0.25, 0.3) is 0 Å². The zero-order chi connectivity index (χ0) is 49.1. The Morgan fingerprint density at radius 1 is 0.356 bits per heavy atom. The third kappa shape index (κ3) is 6.15. The van der Waals surface area contributed by atoms with Gasteiger partial charge in [-0.05, 0) is 134 Å². The average molecular weight is 938 g/mol. The summed E-state index contributed by atoms with van der Waals surface area (Å²) < 4.78 is 12.1. The third-order valence-electron chi connectivity index (χ3n) is 16.2. The van der Waals surface area contributed by atoms with Crippen molar-refractivity contribution in [2.45, 2.75) is 52.4 Å². The summed E-state index contributed by atoms with van der Waals surface area (Å²) in [5.74, 6) is 0. The van der Waals surface area contributed by atoms with Crippen molar-refractivity contribution in [2.24, 2.45) is 0 Å². The Morgan fingerprint density at radius 2 is 0.877 bits per heavy atom. The van der Waals surface area contributed by atoms with E-state index in [4.69, 9.17) is 4.42 Å². The fourth-order valence-corrected chi connectivity index (χ4v) is 12.5. The van der Waals surface area contributed by atoms with Gasteiger partial charge >= 0.3 is 6.85 Å². The Kier molecular flexibility index (Phi) is 8.67.